The highest BCUT2D eigenvalue weighted by Crippen LogP contribution is 2.46. The number of hydrogen-bond donors (Lipinski definition) is 2. The lowest BCUT2D eigenvalue weighted by Gasteiger charge is -2.49. The monoisotopic (exact) mass is 530 g/mol. The van der Waals surface area contributed by atoms with Crippen LogP contribution in [0.2, 0.25) is 0 Å². The normalized spacial score (nSPS) is 39.3. The van der Waals surface area contributed by atoms with Crippen LogP contribution in [0.5, 0.6) is 0 Å². The first-order valence-corrected chi connectivity index (χ1v) is 16.1. The van der Waals surface area contributed by atoms with E-state index in [1.165, 1.54) is 70.8 Å². The topological polar surface area (TPSA) is 64.7 Å². The molecule has 0 spiro atoms. The minimum atomic E-state index is -0.113. The van der Waals surface area contributed by atoms with E-state index in [0.717, 1.165) is 24.7 Å². The Morgan fingerprint density at radius 2 is 1.58 bits per heavy atom. The molecule has 1 saturated heterocycles. The van der Waals surface area contributed by atoms with Gasteiger partial charge in [-0.15, -0.1) is 0 Å². The largest absolute Gasteiger partial charge is 0.355 e. The summed E-state index contributed by atoms with van der Waals surface area (Å²) < 4.78 is 0. The standard InChI is InChI=1S/C32H58N4O2/c1-21-16-22(2)34-32(38)29(21)19-33-31(37)28-17-26(25-14-12-24(13-15-25)20-35(4)5)18-30(23(28)3)36(6)27-10-8-7-9-11-27/h21-30H,7-20H2,1-6H3,(H,33,37)(H,34,38). The number of nitrogens with zero attached hydrogens (tertiary/aromatic N) is 2. The molecule has 1 aliphatic heterocycles. The van der Waals surface area contributed by atoms with E-state index < -0.39 is 0 Å². The molecule has 0 aromatic heterocycles. The van der Waals surface area contributed by atoms with Crippen LogP contribution < -0.4 is 10.6 Å². The molecule has 3 aliphatic carbocycles. The van der Waals surface area contributed by atoms with Crippen molar-refractivity contribution in [2.45, 2.75) is 116 Å². The lowest BCUT2D eigenvalue weighted by atomic mass is 9.63. The molecule has 2 amide bonds. The van der Waals surface area contributed by atoms with Gasteiger partial charge in [-0.2, -0.15) is 0 Å². The van der Waals surface area contributed by atoms with Crippen molar-refractivity contribution in [1.29, 1.82) is 0 Å². The highest BCUT2D eigenvalue weighted by atomic mass is 16.2. The maximum Gasteiger partial charge on any atom is 0.225 e. The summed E-state index contributed by atoms with van der Waals surface area (Å²) in [6.07, 6.45) is 15.3. The molecular weight excluding hydrogens is 472 g/mol. The molecule has 0 aromatic carbocycles. The van der Waals surface area contributed by atoms with E-state index in [2.05, 4.69) is 62.3 Å². The Labute approximate surface area is 233 Å². The number of amides is 2. The van der Waals surface area contributed by atoms with Gasteiger partial charge in [-0.3, -0.25) is 9.59 Å². The van der Waals surface area contributed by atoms with Crippen molar-refractivity contribution in [3.63, 3.8) is 0 Å². The zero-order valence-corrected chi connectivity index (χ0v) is 25.4. The first-order chi connectivity index (χ1) is 18.1. The van der Waals surface area contributed by atoms with Gasteiger partial charge in [0.15, 0.2) is 0 Å². The Balaban J connectivity index is 1.44. The van der Waals surface area contributed by atoms with Gasteiger partial charge in [0, 0.05) is 37.1 Å². The van der Waals surface area contributed by atoms with Gasteiger partial charge >= 0.3 is 0 Å². The molecule has 38 heavy (non-hydrogen) atoms. The lowest BCUT2D eigenvalue weighted by Crippen LogP contribution is -2.55. The van der Waals surface area contributed by atoms with Crippen molar-refractivity contribution < 1.29 is 9.59 Å². The first kappa shape index (κ1) is 29.8. The summed E-state index contributed by atoms with van der Waals surface area (Å²) >= 11 is 0. The highest BCUT2D eigenvalue weighted by Gasteiger charge is 2.45. The molecule has 4 fully saturated rings. The number of hydrogen-bond acceptors (Lipinski definition) is 4. The lowest BCUT2D eigenvalue weighted by molar-refractivity contribution is -0.133. The smallest absolute Gasteiger partial charge is 0.225 e. The van der Waals surface area contributed by atoms with Gasteiger partial charge in [-0.1, -0.05) is 33.1 Å². The summed E-state index contributed by atoms with van der Waals surface area (Å²) in [5.41, 5.74) is 0. The molecule has 6 heteroatoms. The third-order valence-corrected chi connectivity index (χ3v) is 11.2. The van der Waals surface area contributed by atoms with E-state index in [4.69, 9.17) is 0 Å². The predicted octanol–water partition coefficient (Wildman–Crippen LogP) is 4.93. The average Bonchev–Trinajstić information content (AvgIpc) is 2.88. The highest BCUT2D eigenvalue weighted by molar-refractivity contribution is 5.83. The van der Waals surface area contributed by atoms with Crippen molar-refractivity contribution in [3.8, 4) is 0 Å². The van der Waals surface area contributed by atoms with Crippen LogP contribution >= 0.6 is 0 Å². The van der Waals surface area contributed by atoms with E-state index in [1.54, 1.807) is 0 Å². The van der Waals surface area contributed by atoms with Gasteiger partial charge in [-0.05, 0) is 115 Å². The molecular formula is C32H58N4O2. The molecule has 2 N–H and O–H groups in total. The predicted molar refractivity (Wildman–Crippen MR) is 156 cm³/mol. The van der Waals surface area contributed by atoms with Crippen molar-refractivity contribution in [2.75, 3.05) is 34.2 Å². The van der Waals surface area contributed by atoms with Gasteiger partial charge in [0.2, 0.25) is 11.8 Å². The molecule has 3 saturated carbocycles. The summed E-state index contributed by atoms with van der Waals surface area (Å²) in [4.78, 5) is 31.5. The second kappa shape index (κ2) is 13.5. The van der Waals surface area contributed by atoms with Gasteiger partial charge in [0.05, 0.1) is 5.92 Å². The van der Waals surface area contributed by atoms with Crippen molar-refractivity contribution in [1.82, 2.24) is 20.4 Å². The summed E-state index contributed by atoms with van der Waals surface area (Å²) in [6.45, 7) is 8.26. The zero-order valence-electron chi connectivity index (χ0n) is 25.4. The van der Waals surface area contributed by atoms with Crippen LogP contribution in [0.15, 0.2) is 0 Å². The van der Waals surface area contributed by atoms with E-state index in [9.17, 15) is 9.59 Å². The third kappa shape index (κ3) is 7.33. The van der Waals surface area contributed by atoms with E-state index >= 15 is 0 Å². The average molecular weight is 531 g/mol. The van der Waals surface area contributed by atoms with Crippen LogP contribution in [0, 0.1) is 41.4 Å². The fourth-order valence-electron chi connectivity index (χ4n) is 8.84. The molecule has 6 nitrogen and oxygen atoms in total. The van der Waals surface area contributed by atoms with Crippen LogP contribution in [0.1, 0.15) is 97.8 Å². The number of rotatable bonds is 8. The quantitative estimate of drug-likeness (QED) is 0.467. The SMILES string of the molecule is CC1CC(C)C(CNC(=O)C2CC(C3CCC(CN(C)C)CC3)CC(N(C)C3CCCCC3)C2C)C(=O)N1. The van der Waals surface area contributed by atoms with E-state index in [0.29, 0.717) is 36.4 Å². The number of carbonyl (C=O) groups excluding carboxylic acids is 2. The minimum Gasteiger partial charge on any atom is -0.355 e. The van der Waals surface area contributed by atoms with Gasteiger partial charge in [0.25, 0.3) is 0 Å². The zero-order chi connectivity index (χ0) is 27.4. The van der Waals surface area contributed by atoms with Crippen molar-refractivity contribution in [2.24, 2.45) is 41.4 Å². The van der Waals surface area contributed by atoms with Gasteiger partial charge in [-0.25, -0.2) is 0 Å². The van der Waals surface area contributed by atoms with Crippen LogP contribution in [0.25, 0.3) is 0 Å². The Kier molecular flexibility index (Phi) is 10.6. The molecule has 1 heterocycles. The Morgan fingerprint density at radius 1 is 0.895 bits per heavy atom. The van der Waals surface area contributed by atoms with Crippen molar-refractivity contribution in [3.05, 3.63) is 0 Å². The van der Waals surface area contributed by atoms with Crippen LogP contribution in [0.3, 0.4) is 0 Å². The molecule has 0 aromatic rings. The molecule has 0 radical (unpaired) electrons. The summed E-state index contributed by atoms with van der Waals surface area (Å²) in [6, 6.07) is 1.38. The van der Waals surface area contributed by atoms with E-state index in [1.807, 2.05) is 0 Å². The van der Waals surface area contributed by atoms with Gasteiger partial charge in [0.1, 0.15) is 0 Å². The Hall–Kier alpha value is -1.14. The molecule has 4 rings (SSSR count). The Bertz CT molecular complexity index is 773. The summed E-state index contributed by atoms with van der Waals surface area (Å²) in [5, 5.41) is 6.39. The fourth-order valence-corrected chi connectivity index (χ4v) is 8.84. The second-order valence-electron chi connectivity index (χ2n) is 14.2. The molecule has 218 valence electrons. The van der Waals surface area contributed by atoms with Crippen LogP contribution in [0.4, 0.5) is 0 Å². The fraction of sp³-hybridized carbons (Fsp3) is 0.938. The van der Waals surface area contributed by atoms with Gasteiger partial charge < -0.3 is 20.4 Å². The molecule has 7 atom stereocenters. The van der Waals surface area contributed by atoms with Crippen LogP contribution in [-0.2, 0) is 9.59 Å². The number of carbonyl (C=O) groups is 2. The molecule has 4 aliphatic rings. The maximum absolute atomic E-state index is 13.8. The number of piperidine rings is 1. The molecule has 7 unspecified atom stereocenters. The molecule has 0 bridgehead atoms. The maximum atomic E-state index is 13.8. The van der Waals surface area contributed by atoms with E-state index in [-0.39, 0.29) is 29.7 Å². The van der Waals surface area contributed by atoms with Crippen LogP contribution in [-0.4, -0.2) is 74.0 Å². The second-order valence-corrected chi connectivity index (χ2v) is 14.2. The third-order valence-electron chi connectivity index (χ3n) is 11.2. The first-order valence-electron chi connectivity index (χ1n) is 16.1. The summed E-state index contributed by atoms with van der Waals surface area (Å²) in [7, 11) is 6.75. The summed E-state index contributed by atoms with van der Waals surface area (Å²) in [5.74, 6) is 3.11. The van der Waals surface area contributed by atoms with Crippen molar-refractivity contribution >= 4 is 11.8 Å². The Morgan fingerprint density at radius 3 is 2.21 bits per heavy atom. The minimum absolute atomic E-state index is 0.0465. The number of nitrogens with one attached hydrogen (secondary N) is 2.